The van der Waals surface area contributed by atoms with Crippen molar-refractivity contribution in [3.63, 3.8) is 0 Å². The van der Waals surface area contributed by atoms with Gasteiger partial charge in [-0.15, -0.1) is 0 Å². The molecule has 0 atom stereocenters. The zero-order valence-corrected chi connectivity index (χ0v) is 11.8. The lowest BCUT2D eigenvalue weighted by Crippen LogP contribution is -2.00. The Morgan fingerprint density at radius 3 is 2.78 bits per heavy atom. The first-order valence-electron chi connectivity index (χ1n) is 6.24. The summed E-state index contributed by atoms with van der Waals surface area (Å²) in [6, 6.07) is 6.17. The van der Waals surface area contributed by atoms with E-state index in [9.17, 15) is 0 Å². The van der Waals surface area contributed by atoms with Crippen LogP contribution in [0.3, 0.4) is 0 Å². The Hall–Kier alpha value is -1.12. The second-order valence-electron chi connectivity index (χ2n) is 4.41. The predicted octanol–water partition coefficient (Wildman–Crippen LogP) is 3.95. The molecule has 2 aromatic rings. The summed E-state index contributed by atoms with van der Waals surface area (Å²) in [6.45, 7) is 4.85. The van der Waals surface area contributed by atoms with Crippen molar-refractivity contribution in [2.75, 3.05) is 13.7 Å². The first-order valence-corrected chi connectivity index (χ1v) is 6.62. The average Bonchev–Trinajstić information content (AvgIpc) is 2.40. The summed E-state index contributed by atoms with van der Waals surface area (Å²) in [6.07, 6.45) is 1.77. The van der Waals surface area contributed by atoms with Crippen LogP contribution in [0.25, 0.3) is 10.9 Å². The number of benzene rings is 1. The van der Waals surface area contributed by atoms with E-state index in [1.807, 2.05) is 19.1 Å². The molecular formula is C15H18ClNO. The summed E-state index contributed by atoms with van der Waals surface area (Å²) < 4.78 is 5.14. The summed E-state index contributed by atoms with van der Waals surface area (Å²) in [5.41, 5.74) is 4.39. The first kappa shape index (κ1) is 13.3. The number of aromatic nitrogens is 1. The maximum absolute atomic E-state index is 6.44. The number of nitrogens with zero attached hydrogens (tertiary/aromatic N) is 1. The van der Waals surface area contributed by atoms with Crippen LogP contribution in [0.15, 0.2) is 18.2 Å². The summed E-state index contributed by atoms with van der Waals surface area (Å²) in [5, 5.41) is 1.87. The number of pyridine rings is 1. The second-order valence-corrected chi connectivity index (χ2v) is 4.79. The first-order chi connectivity index (χ1) is 8.69. The molecule has 1 aromatic carbocycles. The standard InChI is InChI=1S/C15H18ClNO/c1-4-13-10(2)14(16)12-7-5-6-11(8-9-18-3)15(12)17-13/h5-7H,4,8-9H2,1-3H3. The van der Waals surface area contributed by atoms with Crippen LogP contribution in [-0.4, -0.2) is 18.7 Å². The Kier molecular flexibility index (Phi) is 4.20. The van der Waals surface area contributed by atoms with E-state index in [4.69, 9.17) is 21.3 Å². The van der Waals surface area contributed by atoms with Gasteiger partial charge in [0.05, 0.1) is 17.1 Å². The molecule has 18 heavy (non-hydrogen) atoms. The molecule has 3 heteroatoms. The maximum Gasteiger partial charge on any atom is 0.0753 e. The molecule has 2 nitrogen and oxygen atoms in total. The van der Waals surface area contributed by atoms with E-state index in [1.54, 1.807) is 7.11 Å². The fourth-order valence-corrected chi connectivity index (χ4v) is 2.47. The Morgan fingerprint density at radius 1 is 1.33 bits per heavy atom. The van der Waals surface area contributed by atoms with E-state index in [2.05, 4.69) is 13.0 Å². The molecule has 2 rings (SSSR count). The summed E-state index contributed by atoms with van der Waals surface area (Å²) in [4.78, 5) is 4.77. The van der Waals surface area contributed by atoms with Crippen LogP contribution in [0.5, 0.6) is 0 Å². The molecule has 0 aliphatic rings. The lowest BCUT2D eigenvalue weighted by molar-refractivity contribution is 0.202. The third-order valence-electron chi connectivity index (χ3n) is 3.28. The van der Waals surface area contributed by atoms with Crippen LogP contribution in [0.2, 0.25) is 5.02 Å². The number of hydrogen-bond acceptors (Lipinski definition) is 2. The Balaban J connectivity index is 2.64. The number of rotatable bonds is 4. The zero-order valence-electron chi connectivity index (χ0n) is 11.1. The van der Waals surface area contributed by atoms with Gasteiger partial charge in [-0.2, -0.15) is 0 Å². The topological polar surface area (TPSA) is 22.1 Å². The van der Waals surface area contributed by atoms with Crippen molar-refractivity contribution in [1.29, 1.82) is 0 Å². The van der Waals surface area contributed by atoms with Crippen molar-refractivity contribution in [1.82, 2.24) is 4.98 Å². The minimum absolute atomic E-state index is 0.702. The van der Waals surface area contributed by atoms with Crippen molar-refractivity contribution in [3.8, 4) is 0 Å². The van der Waals surface area contributed by atoms with E-state index in [-0.39, 0.29) is 0 Å². The Labute approximate surface area is 113 Å². The van der Waals surface area contributed by atoms with Crippen LogP contribution in [-0.2, 0) is 17.6 Å². The van der Waals surface area contributed by atoms with E-state index in [0.29, 0.717) is 6.61 Å². The van der Waals surface area contributed by atoms with Crippen LogP contribution in [0, 0.1) is 6.92 Å². The lowest BCUT2D eigenvalue weighted by Gasteiger charge is -2.12. The Morgan fingerprint density at radius 2 is 2.11 bits per heavy atom. The Bertz CT molecular complexity index is 566. The number of ether oxygens (including phenoxy) is 1. The van der Waals surface area contributed by atoms with Crippen molar-refractivity contribution < 1.29 is 4.74 Å². The van der Waals surface area contributed by atoms with Gasteiger partial charge in [-0.25, -0.2) is 0 Å². The molecule has 0 aliphatic carbocycles. The molecule has 0 saturated heterocycles. The smallest absolute Gasteiger partial charge is 0.0753 e. The molecule has 1 aromatic heterocycles. The fraction of sp³-hybridized carbons (Fsp3) is 0.400. The quantitative estimate of drug-likeness (QED) is 0.833. The predicted molar refractivity (Wildman–Crippen MR) is 76.4 cm³/mol. The van der Waals surface area contributed by atoms with Crippen molar-refractivity contribution in [2.24, 2.45) is 0 Å². The van der Waals surface area contributed by atoms with Gasteiger partial charge in [-0.05, 0) is 30.9 Å². The second kappa shape index (κ2) is 5.68. The highest BCUT2D eigenvalue weighted by atomic mass is 35.5. The lowest BCUT2D eigenvalue weighted by atomic mass is 10.0. The number of hydrogen-bond donors (Lipinski definition) is 0. The molecule has 0 N–H and O–H groups in total. The van der Waals surface area contributed by atoms with Gasteiger partial charge in [0.1, 0.15) is 0 Å². The van der Waals surface area contributed by atoms with Crippen LogP contribution in [0.1, 0.15) is 23.7 Å². The normalized spacial score (nSPS) is 11.1. The van der Waals surface area contributed by atoms with Crippen LogP contribution >= 0.6 is 11.6 Å². The van der Waals surface area contributed by atoms with E-state index in [0.717, 1.165) is 40.0 Å². The highest BCUT2D eigenvalue weighted by molar-refractivity contribution is 6.36. The number of para-hydroxylation sites is 1. The zero-order chi connectivity index (χ0) is 13.1. The van der Waals surface area contributed by atoms with Crippen molar-refractivity contribution >= 4 is 22.5 Å². The maximum atomic E-state index is 6.44. The van der Waals surface area contributed by atoms with Gasteiger partial charge in [0.15, 0.2) is 0 Å². The highest BCUT2D eigenvalue weighted by Crippen LogP contribution is 2.29. The van der Waals surface area contributed by atoms with Crippen molar-refractivity contribution in [2.45, 2.75) is 26.7 Å². The van der Waals surface area contributed by atoms with Gasteiger partial charge >= 0.3 is 0 Å². The molecule has 0 unspecified atom stereocenters. The fourth-order valence-electron chi connectivity index (χ4n) is 2.21. The number of aryl methyl sites for hydroxylation is 1. The van der Waals surface area contributed by atoms with Crippen molar-refractivity contribution in [3.05, 3.63) is 40.0 Å². The van der Waals surface area contributed by atoms with Gasteiger partial charge in [-0.3, -0.25) is 4.98 Å². The van der Waals surface area contributed by atoms with Crippen LogP contribution < -0.4 is 0 Å². The third-order valence-corrected chi connectivity index (χ3v) is 3.76. The molecule has 0 saturated carbocycles. The number of fused-ring (bicyclic) bond motifs is 1. The number of halogens is 1. The highest BCUT2D eigenvalue weighted by Gasteiger charge is 2.11. The van der Waals surface area contributed by atoms with Gasteiger partial charge < -0.3 is 4.74 Å². The van der Waals surface area contributed by atoms with E-state index < -0.39 is 0 Å². The minimum Gasteiger partial charge on any atom is -0.384 e. The monoisotopic (exact) mass is 263 g/mol. The molecule has 0 spiro atoms. The molecule has 1 heterocycles. The third kappa shape index (κ3) is 2.36. The minimum atomic E-state index is 0.702. The summed E-state index contributed by atoms with van der Waals surface area (Å²) in [7, 11) is 1.72. The molecular weight excluding hydrogens is 246 g/mol. The van der Waals surface area contributed by atoms with Crippen LogP contribution in [0.4, 0.5) is 0 Å². The molecule has 0 amide bonds. The van der Waals surface area contributed by atoms with E-state index in [1.165, 1.54) is 5.56 Å². The molecule has 96 valence electrons. The largest absolute Gasteiger partial charge is 0.384 e. The molecule has 0 radical (unpaired) electrons. The summed E-state index contributed by atoms with van der Waals surface area (Å²) in [5.74, 6) is 0. The molecule has 0 bridgehead atoms. The van der Waals surface area contributed by atoms with Gasteiger partial charge in [-0.1, -0.05) is 36.7 Å². The molecule has 0 aliphatic heterocycles. The number of methoxy groups -OCH3 is 1. The van der Waals surface area contributed by atoms with Gasteiger partial charge in [0, 0.05) is 18.2 Å². The van der Waals surface area contributed by atoms with E-state index >= 15 is 0 Å². The van der Waals surface area contributed by atoms with Gasteiger partial charge in [0.25, 0.3) is 0 Å². The van der Waals surface area contributed by atoms with Gasteiger partial charge in [0.2, 0.25) is 0 Å². The SMILES string of the molecule is CCc1nc2c(CCOC)cccc2c(Cl)c1C. The summed E-state index contributed by atoms with van der Waals surface area (Å²) >= 11 is 6.44. The average molecular weight is 264 g/mol. The molecule has 0 fully saturated rings.